The molecule has 0 aromatic heterocycles. The van der Waals surface area contributed by atoms with Gasteiger partial charge in [0.05, 0.1) is 11.0 Å². The van der Waals surface area contributed by atoms with Crippen molar-refractivity contribution in [2.24, 2.45) is 11.3 Å². The molecule has 2 rings (SSSR count). The van der Waals surface area contributed by atoms with Crippen LogP contribution in [0.2, 0.25) is 0 Å². The van der Waals surface area contributed by atoms with Gasteiger partial charge in [-0.3, -0.25) is 4.79 Å². The molecule has 0 aliphatic heterocycles. The fourth-order valence-electron chi connectivity index (χ4n) is 3.33. The van der Waals surface area contributed by atoms with E-state index in [0.717, 1.165) is 30.4 Å². The first-order valence-electron chi connectivity index (χ1n) is 9.26. The molecule has 1 unspecified atom stereocenters. The van der Waals surface area contributed by atoms with E-state index in [-0.39, 0.29) is 12.6 Å². The summed E-state index contributed by atoms with van der Waals surface area (Å²) in [6.45, 7) is 8.01. The topological polar surface area (TPSA) is 46.5 Å². The predicted octanol–water partition coefficient (Wildman–Crippen LogP) is 4.95. The van der Waals surface area contributed by atoms with E-state index in [4.69, 9.17) is 4.74 Å². The Morgan fingerprint density at radius 2 is 1.71 bits per heavy atom. The van der Waals surface area contributed by atoms with Crippen LogP contribution in [0.4, 0.5) is 0 Å². The van der Waals surface area contributed by atoms with E-state index in [2.05, 4.69) is 0 Å². The Labute approximate surface area is 146 Å². The maximum absolute atomic E-state index is 12.0. The molecule has 1 aromatic carbocycles. The summed E-state index contributed by atoms with van der Waals surface area (Å²) in [5.74, 6) is 0.170. The Kier molecular flexibility index (Phi) is 6.08. The molecule has 0 heterocycles. The summed E-state index contributed by atoms with van der Waals surface area (Å²) in [7, 11) is 0. The van der Waals surface area contributed by atoms with E-state index in [1.807, 2.05) is 52.0 Å². The Balaban J connectivity index is 1.98. The number of rotatable bonds is 6. The van der Waals surface area contributed by atoms with Gasteiger partial charge < -0.3 is 9.84 Å². The van der Waals surface area contributed by atoms with Crippen molar-refractivity contribution in [2.75, 3.05) is 0 Å². The van der Waals surface area contributed by atoms with Gasteiger partial charge in [-0.25, -0.2) is 0 Å². The summed E-state index contributed by atoms with van der Waals surface area (Å²) in [6, 6.07) is 7.86. The molecule has 3 heteroatoms. The molecule has 0 bridgehead atoms. The molecule has 0 radical (unpaired) electrons. The summed E-state index contributed by atoms with van der Waals surface area (Å²) in [5, 5.41) is 11.0. The number of ether oxygens (including phenoxy) is 1. The average molecular weight is 332 g/mol. The van der Waals surface area contributed by atoms with Gasteiger partial charge >= 0.3 is 5.97 Å². The van der Waals surface area contributed by atoms with Crippen molar-refractivity contribution in [3.8, 4) is 0 Å². The van der Waals surface area contributed by atoms with Gasteiger partial charge in [0.25, 0.3) is 0 Å². The van der Waals surface area contributed by atoms with Gasteiger partial charge in [0, 0.05) is 0 Å². The van der Waals surface area contributed by atoms with Crippen LogP contribution >= 0.6 is 0 Å². The smallest absolute Gasteiger partial charge is 0.311 e. The normalized spacial score (nSPS) is 18.9. The van der Waals surface area contributed by atoms with Crippen molar-refractivity contribution in [1.82, 2.24) is 0 Å². The second-order valence-corrected chi connectivity index (χ2v) is 7.99. The van der Waals surface area contributed by atoms with Gasteiger partial charge in [0.1, 0.15) is 6.61 Å². The number of hydrogen-bond donors (Lipinski definition) is 1. The molecule has 0 spiro atoms. The maximum Gasteiger partial charge on any atom is 0.311 e. The van der Waals surface area contributed by atoms with Crippen molar-refractivity contribution in [1.29, 1.82) is 0 Å². The molecule has 24 heavy (non-hydrogen) atoms. The first-order chi connectivity index (χ1) is 11.3. The minimum atomic E-state index is -0.778. The van der Waals surface area contributed by atoms with Crippen LogP contribution in [0.5, 0.6) is 0 Å². The molecule has 1 atom stereocenters. The number of benzene rings is 1. The second kappa shape index (κ2) is 7.69. The van der Waals surface area contributed by atoms with Gasteiger partial charge in [-0.15, -0.1) is 0 Å². The molecule has 1 aromatic rings. The lowest BCUT2D eigenvalue weighted by Gasteiger charge is -2.36. The molecule has 1 N–H and O–H groups in total. The highest BCUT2D eigenvalue weighted by molar-refractivity contribution is 5.75. The number of hydrogen-bond acceptors (Lipinski definition) is 3. The molecular weight excluding hydrogens is 300 g/mol. The fourth-order valence-corrected chi connectivity index (χ4v) is 3.33. The Hall–Kier alpha value is -1.35. The van der Waals surface area contributed by atoms with Crippen LogP contribution in [0, 0.1) is 11.3 Å². The molecule has 1 fully saturated rings. The van der Waals surface area contributed by atoms with E-state index in [1.165, 1.54) is 19.3 Å². The van der Waals surface area contributed by atoms with Gasteiger partial charge in [-0.2, -0.15) is 0 Å². The van der Waals surface area contributed by atoms with Crippen molar-refractivity contribution < 1.29 is 14.6 Å². The zero-order valence-corrected chi connectivity index (χ0v) is 15.6. The third-order valence-electron chi connectivity index (χ3n) is 5.74. The highest BCUT2D eigenvalue weighted by atomic mass is 16.5. The summed E-state index contributed by atoms with van der Waals surface area (Å²) in [6.07, 6.45) is 6.65. The highest BCUT2D eigenvalue weighted by Crippen LogP contribution is 2.39. The third kappa shape index (κ3) is 4.38. The van der Waals surface area contributed by atoms with Crippen LogP contribution in [0.25, 0.3) is 0 Å². The molecule has 3 nitrogen and oxygen atoms in total. The molecule has 1 aliphatic rings. The van der Waals surface area contributed by atoms with Gasteiger partial charge in [0.2, 0.25) is 0 Å². The molecule has 1 aliphatic carbocycles. The molecule has 0 saturated heterocycles. The quantitative estimate of drug-likeness (QED) is 0.749. The predicted molar refractivity (Wildman–Crippen MR) is 96.5 cm³/mol. The number of esters is 1. The zero-order valence-electron chi connectivity index (χ0n) is 15.6. The minimum absolute atomic E-state index is 0.164. The fraction of sp³-hybridized carbons (Fsp3) is 0.667. The standard InChI is InChI=1S/C21H32O3/c1-5-20(2,3)19(22)24-15-16-11-13-18(14-12-16)21(4,23)17-9-7-6-8-10-17/h11-14,17,23H,5-10,15H2,1-4H3. The van der Waals surface area contributed by atoms with E-state index in [9.17, 15) is 9.90 Å². The Morgan fingerprint density at radius 3 is 2.25 bits per heavy atom. The third-order valence-corrected chi connectivity index (χ3v) is 5.74. The molecular formula is C21H32O3. The monoisotopic (exact) mass is 332 g/mol. The van der Waals surface area contributed by atoms with E-state index >= 15 is 0 Å². The van der Waals surface area contributed by atoms with E-state index in [1.54, 1.807) is 0 Å². The molecule has 0 amide bonds. The lowest BCUT2D eigenvalue weighted by molar-refractivity contribution is -0.155. The number of aliphatic hydroxyl groups is 1. The average Bonchev–Trinajstić information content (AvgIpc) is 2.60. The Morgan fingerprint density at radius 1 is 1.12 bits per heavy atom. The Bertz CT molecular complexity index is 537. The van der Waals surface area contributed by atoms with Crippen molar-refractivity contribution in [3.05, 3.63) is 35.4 Å². The molecule has 1 saturated carbocycles. The van der Waals surface area contributed by atoms with Crippen LogP contribution < -0.4 is 0 Å². The number of carbonyl (C=O) groups excluding carboxylic acids is 1. The van der Waals surface area contributed by atoms with Crippen LogP contribution in [0.1, 0.15) is 77.3 Å². The lowest BCUT2D eigenvalue weighted by atomic mass is 9.74. The summed E-state index contributed by atoms with van der Waals surface area (Å²) in [5.41, 5.74) is 0.696. The first kappa shape index (κ1) is 19.0. The molecule has 134 valence electrons. The highest BCUT2D eigenvalue weighted by Gasteiger charge is 2.34. The van der Waals surface area contributed by atoms with Crippen molar-refractivity contribution in [2.45, 2.75) is 78.4 Å². The van der Waals surface area contributed by atoms with Crippen LogP contribution in [-0.2, 0) is 21.7 Å². The van der Waals surface area contributed by atoms with Crippen LogP contribution in [0.3, 0.4) is 0 Å². The van der Waals surface area contributed by atoms with Crippen LogP contribution in [0.15, 0.2) is 24.3 Å². The van der Waals surface area contributed by atoms with Crippen molar-refractivity contribution >= 4 is 5.97 Å². The number of carbonyl (C=O) groups is 1. The van der Waals surface area contributed by atoms with Crippen molar-refractivity contribution in [3.63, 3.8) is 0 Å². The maximum atomic E-state index is 12.0. The zero-order chi connectivity index (χ0) is 17.8. The minimum Gasteiger partial charge on any atom is -0.460 e. The largest absolute Gasteiger partial charge is 0.460 e. The second-order valence-electron chi connectivity index (χ2n) is 7.99. The van der Waals surface area contributed by atoms with Gasteiger partial charge in [-0.1, -0.05) is 50.5 Å². The van der Waals surface area contributed by atoms with Gasteiger partial charge in [0.15, 0.2) is 0 Å². The SMILES string of the molecule is CCC(C)(C)C(=O)OCc1ccc(C(C)(O)C2CCCCC2)cc1. The summed E-state index contributed by atoms with van der Waals surface area (Å²) < 4.78 is 5.42. The summed E-state index contributed by atoms with van der Waals surface area (Å²) >= 11 is 0. The van der Waals surface area contributed by atoms with E-state index in [0.29, 0.717) is 5.92 Å². The lowest BCUT2D eigenvalue weighted by Crippen LogP contribution is -2.33. The van der Waals surface area contributed by atoms with Crippen LogP contribution in [-0.4, -0.2) is 11.1 Å². The van der Waals surface area contributed by atoms with Gasteiger partial charge in [-0.05, 0) is 57.1 Å². The van der Waals surface area contributed by atoms with E-state index < -0.39 is 11.0 Å². The first-order valence-corrected chi connectivity index (χ1v) is 9.26. The summed E-state index contributed by atoms with van der Waals surface area (Å²) in [4.78, 5) is 12.0.